The van der Waals surface area contributed by atoms with Crippen LogP contribution in [0.5, 0.6) is 0 Å². The summed E-state index contributed by atoms with van der Waals surface area (Å²) in [5, 5.41) is 2.14. The van der Waals surface area contributed by atoms with E-state index in [1.54, 1.807) is 11.3 Å². The number of hydrogen-bond acceptors (Lipinski definition) is 3. The molecule has 0 unspecified atom stereocenters. The predicted octanol–water partition coefficient (Wildman–Crippen LogP) is 2.69. The first kappa shape index (κ1) is 11.5. The first-order chi connectivity index (χ1) is 7.72. The van der Waals surface area contributed by atoms with Crippen LogP contribution in [0.4, 0.5) is 4.79 Å². The number of rotatable bonds is 1. The minimum Gasteiger partial charge on any atom is -0.450 e. The predicted molar refractivity (Wildman–Crippen MR) is 64.9 cm³/mol. The van der Waals surface area contributed by atoms with Gasteiger partial charge in [-0.15, -0.1) is 11.3 Å². The molecule has 3 nitrogen and oxygen atoms in total. The molecule has 0 saturated carbocycles. The van der Waals surface area contributed by atoms with Crippen molar-refractivity contribution in [2.75, 3.05) is 13.2 Å². The van der Waals surface area contributed by atoms with Crippen LogP contribution in [0.1, 0.15) is 24.3 Å². The number of nitrogens with zero attached hydrogens (tertiary/aromatic N) is 1. The van der Waals surface area contributed by atoms with Crippen molar-refractivity contribution >= 4 is 17.4 Å². The number of carbonyl (C=O) groups excluding carboxylic acids is 1. The zero-order chi connectivity index (χ0) is 11.5. The highest BCUT2D eigenvalue weighted by Crippen LogP contribution is 2.24. The average Bonchev–Trinajstić information content (AvgIpc) is 2.60. The van der Waals surface area contributed by atoms with Gasteiger partial charge in [0.15, 0.2) is 0 Å². The molecule has 1 aromatic rings. The van der Waals surface area contributed by atoms with E-state index >= 15 is 0 Å². The van der Waals surface area contributed by atoms with Crippen molar-refractivity contribution in [1.82, 2.24) is 4.90 Å². The van der Waals surface area contributed by atoms with Crippen molar-refractivity contribution in [3.63, 3.8) is 0 Å². The van der Waals surface area contributed by atoms with Gasteiger partial charge < -0.3 is 9.64 Å². The molecule has 1 atom stereocenters. The van der Waals surface area contributed by atoms with Crippen LogP contribution in [-0.2, 0) is 17.6 Å². The van der Waals surface area contributed by atoms with E-state index in [2.05, 4.69) is 18.4 Å². The van der Waals surface area contributed by atoms with E-state index in [1.807, 2.05) is 11.8 Å². The summed E-state index contributed by atoms with van der Waals surface area (Å²) in [5.41, 5.74) is 1.39. The molecular formula is C12H17NO2S. The SMILES string of the molecule is CCOC(=O)N1CCc2sccc2C[C@@H]1C. The smallest absolute Gasteiger partial charge is 0.410 e. The van der Waals surface area contributed by atoms with E-state index in [-0.39, 0.29) is 12.1 Å². The first-order valence-electron chi connectivity index (χ1n) is 5.71. The van der Waals surface area contributed by atoms with E-state index in [9.17, 15) is 4.79 Å². The highest BCUT2D eigenvalue weighted by atomic mass is 32.1. The monoisotopic (exact) mass is 239 g/mol. The Kier molecular flexibility index (Phi) is 3.49. The molecule has 1 aliphatic heterocycles. The Bertz CT molecular complexity index is 375. The van der Waals surface area contributed by atoms with Gasteiger partial charge in [-0.25, -0.2) is 4.79 Å². The molecule has 0 spiro atoms. The highest BCUT2D eigenvalue weighted by Gasteiger charge is 2.25. The topological polar surface area (TPSA) is 29.5 Å². The van der Waals surface area contributed by atoms with Crippen LogP contribution < -0.4 is 0 Å². The van der Waals surface area contributed by atoms with Crippen molar-refractivity contribution in [1.29, 1.82) is 0 Å². The second-order valence-electron chi connectivity index (χ2n) is 4.06. The number of fused-ring (bicyclic) bond motifs is 1. The summed E-state index contributed by atoms with van der Waals surface area (Å²) >= 11 is 1.79. The summed E-state index contributed by atoms with van der Waals surface area (Å²) in [7, 11) is 0. The minimum absolute atomic E-state index is 0.176. The maximum absolute atomic E-state index is 11.7. The quantitative estimate of drug-likeness (QED) is 0.754. The number of hydrogen-bond donors (Lipinski definition) is 0. The van der Waals surface area contributed by atoms with Crippen LogP contribution in [0.2, 0.25) is 0 Å². The second kappa shape index (κ2) is 4.87. The molecule has 1 aliphatic rings. The summed E-state index contributed by atoms with van der Waals surface area (Å²) in [5.74, 6) is 0. The van der Waals surface area contributed by atoms with E-state index < -0.39 is 0 Å². The lowest BCUT2D eigenvalue weighted by Gasteiger charge is -2.26. The Hall–Kier alpha value is -1.03. The molecule has 0 bridgehead atoms. The summed E-state index contributed by atoms with van der Waals surface area (Å²) in [6.45, 7) is 5.15. The third kappa shape index (κ3) is 2.21. The fourth-order valence-electron chi connectivity index (χ4n) is 2.12. The Morgan fingerprint density at radius 1 is 1.69 bits per heavy atom. The third-order valence-electron chi connectivity index (χ3n) is 2.97. The van der Waals surface area contributed by atoms with Gasteiger partial charge in [-0.3, -0.25) is 0 Å². The van der Waals surface area contributed by atoms with Crippen molar-refractivity contribution in [2.45, 2.75) is 32.7 Å². The van der Waals surface area contributed by atoms with Gasteiger partial charge in [0.05, 0.1) is 6.61 Å². The van der Waals surface area contributed by atoms with Gasteiger partial charge in [-0.05, 0) is 43.7 Å². The average molecular weight is 239 g/mol. The lowest BCUT2D eigenvalue weighted by molar-refractivity contribution is 0.0949. The lowest BCUT2D eigenvalue weighted by atomic mass is 10.1. The molecule has 1 amide bonds. The van der Waals surface area contributed by atoms with Gasteiger partial charge in [0.25, 0.3) is 0 Å². The fourth-order valence-corrected chi connectivity index (χ4v) is 3.03. The lowest BCUT2D eigenvalue weighted by Crippen LogP contribution is -2.40. The standard InChI is InChI=1S/C12H17NO2S/c1-3-15-12(14)13-6-4-11-10(5-7-16-11)8-9(13)2/h5,7,9H,3-4,6,8H2,1-2H3/t9-/m0/s1. The first-order valence-corrected chi connectivity index (χ1v) is 6.59. The minimum atomic E-state index is -0.176. The molecule has 1 aromatic heterocycles. The molecule has 2 rings (SSSR count). The largest absolute Gasteiger partial charge is 0.450 e. The maximum Gasteiger partial charge on any atom is 0.410 e. The zero-order valence-electron chi connectivity index (χ0n) is 9.73. The molecule has 0 aliphatic carbocycles. The van der Waals surface area contributed by atoms with Crippen molar-refractivity contribution in [3.05, 3.63) is 21.9 Å². The van der Waals surface area contributed by atoms with Gasteiger partial charge in [0.2, 0.25) is 0 Å². The van der Waals surface area contributed by atoms with Crippen LogP contribution in [0.25, 0.3) is 0 Å². The number of amides is 1. The molecule has 0 fully saturated rings. The summed E-state index contributed by atoms with van der Waals surface area (Å²) in [4.78, 5) is 15.0. The van der Waals surface area contributed by atoms with Crippen LogP contribution in [0.15, 0.2) is 11.4 Å². The molecule has 88 valence electrons. The molecule has 0 aromatic carbocycles. The molecule has 0 radical (unpaired) electrons. The molecule has 0 saturated heterocycles. The van der Waals surface area contributed by atoms with Crippen molar-refractivity contribution in [3.8, 4) is 0 Å². The Morgan fingerprint density at radius 2 is 2.50 bits per heavy atom. The van der Waals surface area contributed by atoms with E-state index in [0.717, 1.165) is 19.4 Å². The van der Waals surface area contributed by atoms with Crippen LogP contribution >= 0.6 is 11.3 Å². The third-order valence-corrected chi connectivity index (χ3v) is 3.99. The number of carbonyl (C=O) groups is 1. The molecule has 4 heteroatoms. The second-order valence-corrected chi connectivity index (χ2v) is 5.07. The molecule has 0 N–H and O–H groups in total. The molecule has 16 heavy (non-hydrogen) atoms. The van der Waals surface area contributed by atoms with Gasteiger partial charge in [-0.1, -0.05) is 0 Å². The van der Waals surface area contributed by atoms with Crippen molar-refractivity contribution < 1.29 is 9.53 Å². The normalized spacial score (nSPS) is 20.1. The molecule has 2 heterocycles. The molecular weight excluding hydrogens is 222 g/mol. The Labute approximate surface area is 100 Å². The van der Waals surface area contributed by atoms with E-state index in [0.29, 0.717) is 6.61 Å². The highest BCUT2D eigenvalue weighted by molar-refractivity contribution is 7.10. The maximum atomic E-state index is 11.7. The fraction of sp³-hybridized carbons (Fsp3) is 0.583. The summed E-state index contributed by atoms with van der Waals surface area (Å²) < 4.78 is 5.07. The van der Waals surface area contributed by atoms with Crippen LogP contribution in [0.3, 0.4) is 0 Å². The Balaban J connectivity index is 2.09. The number of ether oxygens (including phenoxy) is 1. The van der Waals surface area contributed by atoms with Gasteiger partial charge >= 0.3 is 6.09 Å². The van der Waals surface area contributed by atoms with Crippen LogP contribution in [0, 0.1) is 0 Å². The zero-order valence-corrected chi connectivity index (χ0v) is 10.5. The van der Waals surface area contributed by atoms with Crippen LogP contribution in [-0.4, -0.2) is 30.2 Å². The summed E-state index contributed by atoms with van der Waals surface area (Å²) in [6.07, 6.45) is 1.72. The summed E-state index contributed by atoms with van der Waals surface area (Å²) in [6, 6.07) is 2.40. The van der Waals surface area contributed by atoms with Gasteiger partial charge in [-0.2, -0.15) is 0 Å². The van der Waals surface area contributed by atoms with E-state index in [1.165, 1.54) is 10.4 Å². The van der Waals surface area contributed by atoms with E-state index in [4.69, 9.17) is 4.74 Å². The van der Waals surface area contributed by atoms with Gasteiger partial charge in [0.1, 0.15) is 0 Å². The van der Waals surface area contributed by atoms with Crippen molar-refractivity contribution in [2.24, 2.45) is 0 Å². The van der Waals surface area contributed by atoms with Gasteiger partial charge in [0, 0.05) is 17.5 Å². The number of thiophene rings is 1. The Morgan fingerprint density at radius 3 is 3.25 bits per heavy atom.